The number of rotatable bonds is 4. The first kappa shape index (κ1) is 11.1. The van der Waals surface area contributed by atoms with Crippen LogP contribution < -0.4 is 10.9 Å². The van der Waals surface area contributed by atoms with E-state index < -0.39 is 0 Å². The molecule has 0 aliphatic rings. The summed E-state index contributed by atoms with van der Waals surface area (Å²) in [5.74, 6) is 1.88. The molecule has 0 aromatic carbocycles. The van der Waals surface area contributed by atoms with Crippen molar-refractivity contribution in [3.63, 3.8) is 0 Å². The van der Waals surface area contributed by atoms with Gasteiger partial charge in [-0.15, -0.1) is 0 Å². The number of hydrogen-bond acceptors (Lipinski definition) is 5. The molecule has 0 aliphatic carbocycles. The van der Waals surface area contributed by atoms with Crippen LogP contribution in [0.15, 0.2) is 22.7 Å². The molecular weight excluding hydrogens is 220 g/mol. The maximum atomic E-state index is 10.1. The number of oxazole rings is 1. The molecule has 0 fully saturated rings. The largest absolute Gasteiger partial charge is 0.441 e. The number of hydrazine groups is 1. The fraction of sp³-hybridized carbons (Fsp3) is 0.182. The number of hydrogen-bond donors (Lipinski definition) is 2. The van der Waals surface area contributed by atoms with Gasteiger partial charge in [-0.1, -0.05) is 0 Å². The zero-order valence-corrected chi connectivity index (χ0v) is 9.52. The van der Waals surface area contributed by atoms with Crippen molar-refractivity contribution < 1.29 is 9.21 Å². The van der Waals surface area contributed by atoms with Crippen LogP contribution in [0.4, 0.5) is 5.82 Å². The van der Waals surface area contributed by atoms with Crippen LogP contribution in [0.1, 0.15) is 11.5 Å². The highest BCUT2D eigenvalue weighted by Crippen LogP contribution is 2.21. The zero-order chi connectivity index (χ0) is 12.3. The van der Waals surface area contributed by atoms with Crippen LogP contribution in [0.2, 0.25) is 0 Å². The molecule has 0 atom stereocenters. The predicted molar refractivity (Wildman–Crippen MR) is 62.0 cm³/mol. The number of carbonyl (C=O) groups is 1. The van der Waals surface area contributed by atoms with Gasteiger partial charge < -0.3 is 4.42 Å². The van der Waals surface area contributed by atoms with Crippen LogP contribution in [0, 0.1) is 13.8 Å². The Labute approximate surface area is 98.0 Å². The van der Waals surface area contributed by atoms with Crippen molar-refractivity contribution >= 4 is 12.2 Å². The number of amides is 1. The summed E-state index contributed by atoms with van der Waals surface area (Å²) >= 11 is 0. The molecule has 2 heterocycles. The Morgan fingerprint density at radius 2 is 2.18 bits per heavy atom. The summed E-state index contributed by atoms with van der Waals surface area (Å²) in [5, 5.41) is 0. The molecule has 0 bridgehead atoms. The lowest BCUT2D eigenvalue weighted by atomic mass is 10.3. The minimum atomic E-state index is 0.538. The van der Waals surface area contributed by atoms with Crippen LogP contribution in [0.5, 0.6) is 0 Å². The molecule has 0 aliphatic heterocycles. The van der Waals surface area contributed by atoms with Crippen LogP contribution in [0.3, 0.4) is 0 Å². The third-order valence-corrected chi connectivity index (χ3v) is 2.30. The van der Waals surface area contributed by atoms with Crippen molar-refractivity contribution in [3.8, 4) is 11.5 Å². The number of pyridine rings is 1. The molecule has 0 unspecified atom stereocenters. The van der Waals surface area contributed by atoms with Crippen LogP contribution >= 0.6 is 0 Å². The summed E-state index contributed by atoms with van der Waals surface area (Å²) in [6.07, 6.45) is 2.16. The van der Waals surface area contributed by atoms with Gasteiger partial charge in [0.25, 0.3) is 0 Å². The third kappa shape index (κ3) is 2.41. The van der Waals surface area contributed by atoms with E-state index in [0.29, 0.717) is 18.1 Å². The average Bonchev–Trinajstić information content (AvgIpc) is 2.68. The molecule has 17 heavy (non-hydrogen) atoms. The van der Waals surface area contributed by atoms with E-state index in [9.17, 15) is 4.79 Å². The first-order chi connectivity index (χ1) is 8.20. The second-order valence-electron chi connectivity index (χ2n) is 3.48. The predicted octanol–water partition coefficient (Wildman–Crippen LogP) is 1.43. The number of nitrogens with zero attached hydrogens (tertiary/aromatic N) is 2. The Morgan fingerprint density at radius 1 is 1.35 bits per heavy atom. The summed E-state index contributed by atoms with van der Waals surface area (Å²) in [6, 6.07) is 3.53. The molecular formula is C11H12N4O2. The lowest BCUT2D eigenvalue weighted by molar-refractivity contribution is -0.109. The molecule has 88 valence electrons. The minimum absolute atomic E-state index is 0.538. The Balaban J connectivity index is 2.20. The summed E-state index contributed by atoms with van der Waals surface area (Å²) in [5.41, 5.74) is 6.57. The van der Waals surface area contributed by atoms with Gasteiger partial charge in [-0.05, 0) is 26.0 Å². The SMILES string of the molecule is Cc1nc(-c2ccc(NNC=O)nc2)oc1C. The Bertz CT molecular complexity index is 499. The minimum Gasteiger partial charge on any atom is -0.441 e. The fourth-order valence-corrected chi connectivity index (χ4v) is 1.29. The number of nitrogens with one attached hydrogen (secondary N) is 2. The monoisotopic (exact) mass is 232 g/mol. The highest BCUT2D eigenvalue weighted by molar-refractivity contribution is 5.56. The van der Waals surface area contributed by atoms with E-state index in [0.717, 1.165) is 17.0 Å². The van der Waals surface area contributed by atoms with E-state index in [1.807, 2.05) is 19.9 Å². The summed E-state index contributed by atoms with van der Waals surface area (Å²) in [6.45, 7) is 3.75. The Hall–Kier alpha value is -2.37. The molecule has 0 saturated heterocycles. The van der Waals surface area contributed by atoms with Gasteiger partial charge in [0.05, 0.1) is 11.3 Å². The first-order valence-corrected chi connectivity index (χ1v) is 5.06. The highest BCUT2D eigenvalue weighted by Gasteiger charge is 2.08. The standard InChI is InChI=1S/C11H12N4O2/c1-7-8(2)17-11(14-7)9-3-4-10(12-5-9)15-13-6-16/h3-6H,1-2H3,(H,12,15)(H,13,16). The maximum Gasteiger partial charge on any atom is 0.228 e. The van der Waals surface area contributed by atoms with E-state index >= 15 is 0 Å². The number of aryl methyl sites for hydroxylation is 2. The second-order valence-corrected chi connectivity index (χ2v) is 3.48. The van der Waals surface area contributed by atoms with E-state index in [2.05, 4.69) is 20.8 Å². The molecule has 0 radical (unpaired) electrons. The van der Waals surface area contributed by atoms with E-state index in [1.165, 1.54) is 0 Å². The van der Waals surface area contributed by atoms with Gasteiger partial charge in [-0.25, -0.2) is 9.97 Å². The molecule has 0 saturated carbocycles. The van der Waals surface area contributed by atoms with Crippen molar-refractivity contribution in [2.75, 3.05) is 5.43 Å². The van der Waals surface area contributed by atoms with Crippen molar-refractivity contribution in [1.82, 2.24) is 15.4 Å². The molecule has 2 rings (SSSR count). The van der Waals surface area contributed by atoms with E-state index in [1.54, 1.807) is 12.3 Å². The first-order valence-electron chi connectivity index (χ1n) is 5.06. The summed E-state index contributed by atoms with van der Waals surface area (Å²) < 4.78 is 5.48. The summed E-state index contributed by atoms with van der Waals surface area (Å²) in [7, 11) is 0. The van der Waals surface area contributed by atoms with E-state index in [-0.39, 0.29) is 0 Å². The number of carbonyl (C=O) groups excluding carboxylic acids is 1. The second kappa shape index (κ2) is 4.65. The Kier molecular flexibility index (Phi) is 3.04. The molecule has 6 heteroatoms. The molecule has 2 N–H and O–H groups in total. The molecule has 2 aromatic heterocycles. The van der Waals surface area contributed by atoms with Gasteiger partial charge in [0, 0.05) is 6.20 Å². The highest BCUT2D eigenvalue weighted by atomic mass is 16.4. The lowest BCUT2D eigenvalue weighted by Gasteiger charge is -2.02. The fourth-order valence-electron chi connectivity index (χ4n) is 1.29. The quantitative estimate of drug-likeness (QED) is 0.615. The maximum absolute atomic E-state index is 10.1. The van der Waals surface area contributed by atoms with Crippen molar-refractivity contribution in [1.29, 1.82) is 0 Å². The smallest absolute Gasteiger partial charge is 0.228 e. The van der Waals surface area contributed by atoms with Crippen molar-refractivity contribution in [3.05, 3.63) is 29.8 Å². The molecule has 1 amide bonds. The summed E-state index contributed by atoms with van der Waals surface area (Å²) in [4.78, 5) is 18.5. The average molecular weight is 232 g/mol. The van der Waals surface area contributed by atoms with Gasteiger partial charge in [-0.2, -0.15) is 0 Å². The van der Waals surface area contributed by atoms with Crippen LogP contribution in [-0.4, -0.2) is 16.4 Å². The third-order valence-electron chi connectivity index (χ3n) is 2.30. The number of anilines is 1. The van der Waals surface area contributed by atoms with Crippen LogP contribution in [-0.2, 0) is 4.79 Å². The van der Waals surface area contributed by atoms with Gasteiger partial charge in [0.2, 0.25) is 12.3 Å². The van der Waals surface area contributed by atoms with E-state index in [4.69, 9.17) is 4.42 Å². The number of aromatic nitrogens is 2. The Morgan fingerprint density at radius 3 is 2.71 bits per heavy atom. The van der Waals surface area contributed by atoms with Gasteiger partial charge in [0.1, 0.15) is 11.6 Å². The normalized spacial score (nSPS) is 10.0. The zero-order valence-electron chi connectivity index (χ0n) is 9.52. The van der Waals surface area contributed by atoms with Crippen molar-refractivity contribution in [2.24, 2.45) is 0 Å². The van der Waals surface area contributed by atoms with Gasteiger partial charge >= 0.3 is 0 Å². The van der Waals surface area contributed by atoms with Crippen molar-refractivity contribution in [2.45, 2.75) is 13.8 Å². The topological polar surface area (TPSA) is 80.0 Å². The molecule has 0 spiro atoms. The van der Waals surface area contributed by atoms with Crippen LogP contribution in [0.25, 0.3) is 11.5 Å². The molecule has 2 aromatic rings. The molecule has 6 nitrogen and oxygen atoms in total. The lowest BCUT2D eigenvalue weighted by Crippen LogP contribution is -2.19. The van der Waals surface area contributed by atoms with Gasteiger partial charge in [0.15, 0.2) is 0 Å². The van der Waals surface area contributed by atoms with Gasteiger partial charge in [-0.3, -0.25) is 15.6 Å².